The normalized spacial score (nSPS) is 20.5. The van der Waals surface area contributed by atoms with Crippen LogP contribution in [0.4, 0.5) is 0 Å². The molecule has 19 heavy (non-hydrogen) atoms. The van der Waals surface area contributed by atoms with Crippen molar-refractivity contribution in [3.05, 3.63) is 23.8 Å². The number of thioether (sulfide) groups is 1. The summed E-state index contributed by atoms with van der Waals surface area (Å²) in [5.41, 5.74) is 1.26. The van der Waals surface area contributed by atoms with Gasteiger partial charge in [-0.25, -0.2) is 0 Å². The topological polar surface area (TPSA) is 32.7 Å². The third-order valence-electron chi connectivity index (χ3n) is 3.79. The highest BCUT2D eigenvalue weighted by molar-refractivity contribution is 7.98. The fourth-order valence-electron chi connectivity index (χ4n) is 2.69. The van der Waals surface area contributed by atoms with Crippen molar-refractivity contribution in [2.24, 2.45) is 0 Å². The zero-order valence-electron chi connectivity index (χ0n) is 11.8. The Hall–Kier alpha value is -0.710. The van der Waals surface area contributed by atoms with Gasteiger partial charge in [0.2, 0.25) is 0 Å². The molecule has 0 aliphatic carbocycles. The second-order valence-electron chi connectivity index (χ2n) is 4.99. The van der Waals surface area contributed by atoms with Crippen molar-refractivity contribution < 1.29 is 9.84 Å². The third kappa shape index (κ3) is 3.65. The smallest absolute Gasteiger partial charge is 0.132 e. The molecule has 1 aromatic carbocycles. The maximum atomic E-state index is 9.45. The first-order valence-corrected chi connectivity index (χ1v) is 8.06. The summed E-state index contributed by atoms with van der Waals surface area (Å²) in [4.78, 5) is 3.56. The van der Waals surface area contributed by atoms with E-state index in [1.165, 1.54) is 23.3 Å². The van der Waals surface area contributed by atoms with Crippen LogP contribution in [0.5, 0.6) is 5.75 Å². The fourth-order valence-corrected chi connectivity index (χ4v) is 3.24. The lowest BCUT2D eigenvalue weighted by Gasteiger charge is -2.34. The first-order chi connectivity index (χ1) is 9.28. The van der Waals surface area contributed by atoms with Crippen molar-refractivity contribution in [2.45, 2.75) is 36.7 Å². The van der Waals surface area contributed by atoms with Gasteiger partial charge in [-0.3, -0.25) is 4.90 Å². The zero-order chi connectivity index (χ0) is 13.7. The van der Waals surface area contributed by atoms with Gasteiger partial charge in [-0.1, -0.05) is 12.5 Å². The van der Waals surface area contributed by atoms with E-state index in [-0.39, 0.29) is 6.61 Å². The van der Waals surface area contributed by atoms with Crippen molar-refractivity contribution in [3.8, 4) is 5.75 Å². The summed E-state index contributed by atoms with van der Waals surface area (Å²) >= 11 is 1.70. The quantitative estimate of drug-likeness (QED) is 0.841. The van der Waals surface area contributed by atoms with Gasteiger partial charge < -0.3 is 9.84 Å². The van der Waals surface area contributed by atoms with Crippen molar-refractivity contribution in [2.75, 3.05) is 26.5 Å². The average molecular weight is 281 g/mol. The van der Waals surface area contributed by atoms with Crippen LogP contribution in [0.25, 0.3) is 0 Å². The molecule has 0 spiro atoms. The largest absolute Gasteiger partial charge is 0.496 e. The molecule has 1 aliphatic heterocycles. The second-order valence-corrected chi connectivity index (χ2v) is 5.84. The van der Waals surface area contributed by atoms with E-state index in [0.717, 1.165) is 25.3 Å². The van der Waals surface area contributed by atoms with Crippen LogP contribution in [0.15, 0.2) is 23.1 Å². The molecule has 1 fully saturated rings. The number of aliphatic hydroxyl groups is 1. The van der Waals surface area contributed by atoms with Crippen LogP contribution in [-0.4, -0.2) is 42.6 Å². The molecule has 1 unspecified atom stereocenters. The number of hydrogen-bond acceptors (Lipinski definition) is 4. The fraction of sp³-hybridized carbons (Fsp3) is 0.600. The van der Waals surface area contributed by atoms with E-state index in [0.29, 0.717) is 6.04 Å². The van der Waals surface area contributed by atoms with Crippen LogP contribution in [0.1, 0.15) is 24.8 Å². The number of piperidine rings is 1. The zero-order valence-corrected chi connectivity index (χ0v) is 12.6. The summed E-state index contributed by atoms with van der Waals surface area (Å²) < 4.78 is 5.43. The Morgan fingerprint density at radius 1 is 1.42 bits per heavy atom. The number of ether oxygens (including phenoxy) is 1. The molecule has 4 heteroatoms. The maximum absolute atomic E-state index is 9.45. The highest BCUT2D eigenvalue weighted by atomic mass is 32.2. The van der Waals surface area contributed by atoms with Crippen LogP contribution in [0, 0.1) is 0 Å². The summed E-state index contributed by atoms with van der Waals surface area (Å²) in [7, 11) is 1.72. The molecular formula is C15H23NO2S. The van der Waals surface area contributed by atoms with Gasteiger partial charge in [-0.15, -0.1) is 11.8 Å². The van der Waals surface area contributed by atoms with Crippen molar-refractivity contribution in [1.29, 1.82) is 0 Å². The molecule has 3 nitrogen and oxygen atoms in total. The Morgan fingerprint density at radius 3 is 2.95 bits per heavy atom. The molecular weight excluding hydrogens is 258 g/mol. The van der Waals surface area contributed by atoms with E-state index in [4.69, 9.17) is 4.74 Å². The minimum atomic E-state index is 0.264. The lowest BCUT2D eigenvalue weighted by atomic mass is 10.0. The van der Waals surface area contributed by atoms with Crippen molar-refractivity contribution in [3.63, 3.8) is 0 Å². The minimum Gasteiger partial charge on any atom is -0.496 e. The van der Waals surface area contributed by atoms with Crippen molar-refractivity contribution in [1.82, 2.24) is 4.90 Å². The van der Waals surface area contributed by atoms with Gasteiger partial charge in [0.1, 0.15) is 5.75 Å². The Kier molecular flexibility index (Phi) is 5.55. The molecule has 1 aromatic rings. The SMILES string of the molecule is COc1cc(CN2CCCCC2CO)ccc1SC. The standard InChI is InChI=1S/C15H23NO2S/c1-18-14-9-12(6-7-15(14)19-2)10-16-8-4-3-5-13(16)11-17/h6-7,9,13,17H,3-5,8,10-11H2,1-2H3. The maximum Gasteiger partial charge on any atom is 0.132 e. The summed E-state index contributed by atoms with van der Waals surface area (Å²) in [6.45, 7) is 2.24. The summed E-state index contributed by atoms with van der Waals surface area (Å²) in [6, 6.07) is 6.73. The van der Waals surface area contributed by atoms with Crippen LogP contribution in [0.2, 0.25) is 0 Å². The second kappa shape index (κ2) is 7.17. The Labute approximate surface area is 120 Å². The molecule has 1 atom stereocenters. The molecule has 0 amide bonds. The van der Waals surface area contributed by atoms with Crippen molar-refractivity contribution >= 4 is 11.8 Å². The van der Waals surface area contributed by atoms with E-state index in [1.807, 2.05) is 0 Å². The van der Waals surface area contributed by atoms with Gasteiger partial charge in [0.15, 0.2) is 0 Å². The minimum absolute atomic E-state index is 0.264. The van der Waals surface area contributed by atoms with Gasteiger partial charge >= 0.3 is 0 Å². The van der Waals surface area contributed by atoms with Crippen LogP contribution in [0.3, 0.4) is 0 Å². The molecule has 0 radical (unpaired) electrons. The molecule has 1 N–H and O–H groups in total. The number of likely N-dealkylation sites (tertiary alicyclic amines) is 1. The molecule has 2 rings (SSSR count). The van der Waals surface area contributed by atoms with E-state index in [2.05, 4.69) is 29.4 Å². The third-order valence-corrected chi connectivity index (χ3v) is 4.57. The van der Waals surface area contributed by atoms with Crippen LogP contribution >= 0.6 is 11.8 Å². The van der Waals surface area contributed by atoms with Gasteiger partial charge in [-0.05, 0) is 43.3 Å². The summed E-state index contributed by atoms with van der Waals surface area (Å²) in [5, 5.41) is 9.45. The monoisotopic (exact) mass is 281 g/mol. The Balaban J connectivity index is 2.09. The van der Waals surface area contributed by atoms with E-state index in [9.17, 15) is 5.11 Å². The molecule has 1 aliphatic rings. The molecule has 1 heterocycles. The number of nitrogens with zero attached hydrogens (tertiary/aromatic N) is 1. The molecule has 0 aromatic heterocycles. The van der Waals surface area contributed by atoms with Crippen LogP contribution in [-0.2, 0) is 6.54 Å². The first-order valence-electron chi connectivity index (χ1n) is 6.84. The lowest BCUT2D eigenvalue weighted by Crippen LogP contribution is -2.41. The highest BCUT2D eigenvalue weighted by Crippen LogP contribution is 2.29. The predicted molar refractivity (Wildman–Crippen MR) is 79.9 cm³/mol. The average Bonchev–Trinajstić information content (AvgIpc) is 2.47. The lowest BCUT2D eigenvalue weighted by molar-refractivity contribution is 0.0840. The number of aliphatic hydroxyl groups excluding tert-OH is 1. The molecule has 106 valence electrons. The molecule has 0 bridgehead atoms. The number of methoxy groups -OCH3 is 1. The number of hydrogen-bond donors (Lipinski definition) is 1. The van der Waals surface area contributed by atoms with E-state index < -0.39 is 0 Å². The summed E-state index contributed by atoms with van der Waals surface area (Å²) in [6.07, 6.45) is 5.63. The van der Waals surface area contributed by atoms with Gasteiger partial charge in [0, 0.05) is 17.5 Å². The number of benzene rings is 1. The Morgan fingerprint density at radius 2 is 2.26 bits per heavy atom. The predicted octanol–water partition coefficient (Wildman–Crippen LogP) is 2.76. The van der Waals surface area contributed by atoms with Gasteiger partial charge in [-0.2, -0.15) is 0 Å². The summed E-state index contributed by atoms with van der Waals surface area (Å²) in [5.74, 6) is 0.947. The highest BCUT2D eigenvalue weighted by Gasteiger charge is 2.21. The van der Waals surface area contributed by atoms with E-state index in [1.54, 1.807) is 18.9 Å². The molecule has 1 saturated heterocycles. The van der Waals surface area contributed by atoms with E-state index >= 15 is 0 Å². The Bertz CT molecular complexity index is 411. The van der Waals surface area contributed by atoms with Crippen LogP contribution < -0.4 is 4.74 Å². The first kappa shape index (κ1) is 14.7. The van der Waals surface area contributed by atoms with Gasteiger partial charge in [0.25, 0.3) is 0 Å². The van der Waals surface area contributed by atoms with Gasteiger partial charge in [0.05, 0.1) is 13.7 Å². The molecule has 0 saturated carbocycles. The number of rotatable bonds is 5.